The zero-order valence-electron chi connectivity index (χ0n) is 16.1. The Balaban J connectivity index is 1.66. The van der Waals surface area contributed by atoms with Crippen molar-refractivity contribution in [1.82, 2.24) is 4.72 Å². The van der Waals surface area contributed by atoms with Crippen molar-refractivity contribution in [2.75, 3.05) is 5.32 Å². The number of fused-ring (bicyclic) bond motifs is 1. The minimum absolute atomic E-state index is 0.173. The molecule has 0 heterocycles. The summed E-state index contributed by atoms with van der Waals surface area (Å²) in [6.07, 6.45) is 0. The van der Waals surface area contributed by atoms with Gasteiger partial charge >= 0.3 is 0 Å². The maximum atomic E-state index is 13.0. The van der Waals surface area contributed by atoms with Crippen LogP contribution in [0.1, 0.15) is 15.9 Å². The lowest BCUT2D eigenvalue weighted by atomic mass is 10.1. The lowest BCUT2D eigenvalue weighted by Gasteiger charge is -2.13. The molecule has 0 aromatic heterocycles. The van der Waals surface area contributed by atoms with Crippen LogP contribution in [0.15, 0.2) is 102 Å². The van der Waals surface area contributed by atoms with Crippen molar-refractivity contribution in [3.8, 4) is 0 Å². The number of carbonyl (C=O) groups is 1. The fraction of sp³-hybridized carbons (Fsp3) is 0.0417. The second-order valence-electron chi connectivity index (χ2n) is 6.79. The van der Waals surface area contributed by atoms with Gasteiger partial charge < -0.3 is 5.32 Å². The summed E-state index contributed by atoms with van der Waals surface area (Å²) < 4.78 is 28.6. The van der Waals surface area contributed by atoms with Crippen molar-refractivity contribution in [1.29, 1.82) is 0 Å². The second-order valence-corrected chi connectivity index (χ2v) is 8.52. The Bertz CT molecular complexity index is 1290. The summed E-state index contributed by atoms with van der Waals surface area (Å²) >= 11 is 0. The molecule has 150 valence electrons. The highest BCUT2D eigenvalue weighted by molar-refractivity contribution is 7.89. The van der Waals surface area contributed by atoms with Crippen LogP contribution in [0.2, 0.25) is 0 Å². The van der Waals surface area contributed by atoms with Gasteiger partial charge in [-0.1, -0.05) is 72.8 Å². The van der Waals surface area contributed by atoms with Gasteiger partial charge in [-0.2, -0.15) is 0 Å². The Morgan fingerprint density at radius 3 is 2.00 bits per heavy atom. The molecule has 1 amide bonds. The third-order valence-corrected chi connectivity index (χ3v) is 6.23. The second kappa shape index (κ2) is 8.49. The van der Waals surface area contributed by atoms with Crippen LogP contribution < -0.4 is 10.0 Å². The third-order valence-electron chi connectivity index (χ3n) is 4.77. The Kier molecular flexibility index (Phi) is 5.61. The summed E-state index contributed by atoms with van der Waals surface area (Å²) in [6, 6.07) is 28.5. The molecule has 0 fully saturated rings. The molecule has 0 saturated carbocycles. The SMILES string of the molecule is O=C(Nc1ccc(S(=O)(=O)NCc2ccccc2)c2ccccc12)c1ccccc1. The van der Waals surface area contributed by atoms with E-state index in [1.165, 1.54) is 6.07 Å². The molecular formula is C24H20N2O3S. The largest absolute Gasteiger partial charge is 0.321 e. The molecule has 4 rings (SSSR count). The fourth-order valence-electron chi connectivity index (χ4n) is 3.25. The van der Waals surface area contributed by atoms with E-state index in [0.717, 1.165) is 5.56 Å². The summed E-state index contributed by atoms with van der Waals surface area (Å²) in [5, 5.41) is 4.09. The van der Waals surface area contributed by atoms with E-state index in [4.69, 9.17) is 0 Å². The topological polar surface area (TPSA) is 75.3 Å². The van der Waals surface area contributed by atoms with Gasteiger partial charge in [0.05, 0.1) is 4.90 Å². The maximum Gasteiger partial charge on any atom is 0.255 e. The van der Waals surface area contributed by atoms with Gasteiger partial charge in [-0.15, -0.1) is 0 Å². The van der Waals surface area contributed by atoms with E-state index in [9.17, 15) is 13.2 Å². The van der Waals surface area contributed by atoms with Crippen molar-refractivity contribution in [3.63, 3.8) is 0 Å². The first kappa shape index (κ1) is 19.8. The zero-order valence-corrected chi connectivity index (χ0v) is 16.9. The summed E-state index contributed by atoms with van der Waals surface area (Å²) in [5.41, 5.74) is 1.96. The van der Waals surface area contributed by atoms with E-state index in [0.29, 0.717) is 22.0 Å². The predicted octanol–water partition coefficient (Wildman–Crippen LogP) is 4.57. The lowest BCUT2D eigenvalue weighted by molar-refractivity contribution is 0.102. The molecule has 2 N–H and O–H groups in total. The fourth-order valence-corrected chi connectivity index (χ4v) is 4.48. The number of hydrogen-bond donors (Lipinski definition) is 2. The van der Waals surface area contributed by atoms with E-state index < -0.39 is 10.0 Å². The number of amides is 1. The number of sulfonamides is 1. The van der Waals surface area contributed by atoms with Crippen LogP contribution in [-0.4, -0.2) is 14.3 Å². The van der Waals surface area contributed by atoms with Gasteiger partial charge in [0.25, 0.3) is 5.91 Å². The average molecular weight is 417 g/mol. The zero-order chi connectivity index (χ0) is 21.0. The molecule has 0 spiro atoms. The van der Waals surface area contributed by atoms with E-state index in [2.05, 4.69) is 10.0 Å². The maximum absolute atomic E-state index is 13.0. The molecule has 4 aromatic rings. The molecule has 0 saturated heterocycles. The third kappa shape index (κ3) is 4.25. The number of carbonyl (C=O) groups excluding carboxylic acids is 1. The van der Waals surface area contributed by atoms with Gasteiger partial charge in [0, 0.05) is 28.6 Å². The van der Waals surface area contributed by atoms with Crippen molar-refractivity contribution in [3.05, 3.63) is 108 Å². The quantitative estimate of drug-likeness (QED) is 0.483. The van der Waals surface area contributed by atoms with Crippen LogP contribution >= 0.6 is 0 Å². The normalized spacial score (nSPS) is 11.3. The summed E-state index contributed by atoms with van der Waals surface area (Å²) in [4.78, 5) is 12.7. The van der Waals surface area contributed by atoms with E-state index in [-0.39, 0.29) is 17.3 Å². The van der Waals surface area contributed by atoms with Crippen molar-refractivity contribution in [2.24, 2.45) is 0 Å². The number of benzene rings is 4. The van der Waals surface area contributed by atoms with Crippen LogP contribution in [0.3, 0.4) is 0 Å². The van der Waals surface area contributed by atoms with Gasteiger partial charge in [0.15, 0.2) is 0 Å². The number of nitrogens with one attached hydrogen (secondary N) is 2. The minimum Gasteiger partial charge on any atom is -0.321 e. The Morgan fingerprint density at radius 2 is 1.30 bits per heavy atom. The lowest BCUT2D eigenvalue weighted by Crippen LogP contribution is -2.23. The van der Waals surface area contributed by atoms with Gasteiger partial charge in [0.1, 0.15) is 0 Å². The summed E-state index contributed by atoms with van der Waals surface area (Å²) in [7, 11) is -3.75. The molecule has 0 radical (unpaired) electrons. The van der Waals surface area contributed by atoms with Crippen LogP contribution in [0.4, 0.5) is 5.69 Å². The molecule has 5 nitrogen and oxygen atoms in total. The molecule has 0 aliphatic carbocycles. The van der Waals surface area contributed by atoms with Crippen molar-refractivity contribution < 1.29 is 13.2 Å². The van der Waals surface area contributed by atoms with Crippen LogP contribution in [0.25, 0.3) is 10.8 Å². The first-order valence-electron chi connectivity index (χ1n) is 9.46. The van der Waals surface area contributed by atoms with Gasteiger partial charge in [0.2, 0.25) is 10.0 Å². The highest BCUT2D eigenvalue weighted by Crippen LogP contribution is 2.30. The van der Waals surface area contributed by atoms with Crippen LogP contribution in [0.5, 0.6) is 0 Å². The molecular weight excluding hydrogens is 396 g/mol. The van der Waals surface area contributed by atoms with E-state index in [1.807, 2.05) is 42.5 Å². The molecule has 0 aliphatic rings. The molecule has 0 atom stereocenters. The first-order valence-corrected chi connectivity index (χ1v) is 10.9. The highest BCUT2D eigenvalue weighted by Gasteiger charge is 2.19. The monoisotopic (exact) mass is 416 g/mol. The molecule has 4 aromatic carbocycles. The van der Waals surface area contributed by atoms with E-state index in [1.54, 1.807) is 48.5 Å². The molecule has 30 heavy (non-hydrogen) atoms. The smallest absolute Gasteiger partial charge is 0.255 e. The Morgan fingerprint density at radius 1 is 0.700 bits per heavy atom. The highest BCUT2D eigenvalue weighted by atomic mass is 32.2. The van der Waals surface area contributed by atoms with Gasteiger partial charge in [-0.05, 0) is 29.8 Å². The molecule has 0 bridgehead atoms. The molecule has 6 heteroatoms. The summed E-state index contributed by atoms with van der Waals surface area (Å²) in [6.45, 7) is 0.198. The molecule has 0 aliphatic heterocycles. The predicted molar refractivity (Wildman–Crippen MR) is 119 cm³/mol. The number of anilines is 1. The van der Waals surface area contributed by atoms with Crippen LogP contribution in [0, 0.1) is 0 Å². The van der Waals surface area contributed by atoms with Gasteiger partial charge in [-0.25, -0.2) is 13.1 Å². The standard InChI is InChI=1S/C24H20N2O3S/c27-24(19-11-5-2-6-12-19)26-22-15-16-23(21-14-8-7-13-20(21)22)30(28,29)25-17-18-9-3-1-4-10-18/h1-16,25H,17H2,(H,26,27). The number of rotatable bonds is 6. The Labute approximate surface area is 175 Å². The average Bonchev–Trinajstić information content (AvgIpc) is 2.79. The van der Waals surface area contributed by atoms with Crippen molar-refractivity contribution >= 4 is 32.4 Å². The number of hydrogen-bond acceptors (Lipinski definition) is 3. The minimum atomic E-state index is -3.75. The van der Waals surface area contributed by atoms with E-state index >= 15 is 0 Å². The first-order chi connectivity index (χ1) is 14.5. The van der Waals surface area contributed by atoms with Gasteiger partial charge in [-0.3, -0.25) is 4.79 Å². The summed E-state index contributed by atoms with van der Waals surface area (Å²) in [5.74, 6) is -0.251. The van der Waals surface area contributed by atoms with Crippen molar-refractivity contribution in [2.45, 2.75) is 11.4 Å². The molecule has 0 unspecified atom stereocenters. The van der Waals surface area contributed by atoms with Crippen LogP contribution in [-0.2, 0) is 16.6 Å². The Hall–Kier alpha value is -3.48.